The second kappa shape index (κ2) is 8.99. The zero-order chi connectivity index (χ0) is 19.1. The third-order valence-electron chi connectivity index (χ3n) is 3.88. The van der Waals surface area contributed by atoms with Crippen molar-refractivity contribution >= 4 is 11.7 Å². The van der Waals surface area contributed by atoms with Gasteiger partial charge in [0.2, 0.25) is 0 Å². The Balaban J connectivity index is 1.83. The minimum absolute atomic E-state index is 0.307. The van der Waals surface area contributed by atoms with Crippen LogP contribution < -0.4 is 24.8 Å². The first-order valence-corrected chi connectivity index (χ1v) is 8.42. The minimum Gasteiger partial charge on any atom is -0.493 e. The summed E-state index contributed by atoms with van der Waals surface area (Å²) in [5.74, 6) is 2.03. The molecule has 2 aromatic carbocycles. The summed E-state index contributed by atoms with van der Waals surface area (Å²) < 4.78 is 16.2. The van der Waals surface area contributed by atoms with Crippen LogP contribution >= 0.6 is 0 Å². The van der Waals surface area contributed by atoms with Gasteiger partial charge in [-0.05, 0) is 44.0 Å². The lowest BCUT2D eigenvalue weighted by atomic mass is 10.1. The van der Waals surface area contributed by atoms with E-state index in [4.69, 9.17) is 14.2 Å². The van der Waals surface area contributed by atoms with Gasteiger partial charge < -0.3 is 24.8 Å². The number of carbonyl (C=O) groups is 1. The number of hydrogen-bond donors (Lipinski definition) is 2. The second-order valence-electron chi connectivity index (χ2n) is 6.03. The van der Waals surface area contributed by atoms with Gasteiger partial charge in [0.1, 0.15) is 12.4 Å². The van der Waals surface area contributed by atoms with Crippen molar-refractivity contribution in [3.63, 3.8) is 0 Å². The highest BCUT2D eigenvalue weighted by Gasteiger charge is 2.08. The van der Waals surface area contributed by atoms with Gasteiger partial charge in [-0.2, -0.15) is 0 Å². The molecule has 0 fully saturated rings. The summed E-state index contributed by atoms with van der Waals surface area (Å²) >= 11 is 0. The van der Waals surface area contributed by atoms with Crippen molar-refractivity contribution < 1.29 is 19.0 Å². The standard InChI is InChI=1S/C20H26N2O4/c1-13-10-14(2)19(15(3)11-13)26-9-8-21-20(23)22-16-6-7-17(24-4)18(12-16)25-5/h6-7,10-12H,8-9H2,1-5H3,(H2,21,22,23). The first-order chi connectivity index (χ1) is 12.4. The SMILES string of the molecule is COc1ccc(NC(=O)NCCOc2c(C)cc(C)cc2C)cc1OC. The molecule has 2 rings (SSSR count). The normalized spacial score (nSPS) is 10.2. The molecule has 2 amide bonds. The Kier molecular flexibility index (Phi) is 6.72. The number of amides is 2. The van der Waals surface area contributed by atoms with Crippen LogP contribution in [0.15, 0.2) is 30.3 Å². The number of methoxy groups -OCH3 is 2. The van der Waals surface area contributed by atoms with E-state index in [9.17, 15) is 4.79 Å². The quantitative estimate of drug-likeness (QED) is 0.738. The molecule has 0 radical (unpaired) electrons. The summed E-state index contributed by atoms with van der Waals surface area (Å²) in [6, 6.07) is 9.04. The van der Waals surface area contributed by atoms with Gasteiger partial charge in [0.05, 0.1) is 20.8 Å². The molecule has 140 valence electrons. The lowest BCUT2D eigenvalue weighted by molar-refractivity contribution is 0.247. The zero-order valence-corrected chi connectivity index (χ0v) is 15.9. The first-order valence-electron chi connectivity index (χ1n) is 8.42. The van der Waals surface area contributed by atoms with E-state index >= 15 is 0 Å². The molecule has 0 spiro atoms. The monoisotopic (exact) mass is 358 g/mol. The Morgan fingerprint density at radius 1 is 0.962 bits per heavy atom. The number of rotatable bonds is 7. The van der Waals surface area contributed by atoms with Gasteiger partial charge in [-0.15, -0.1) is 0 Å². The van der Waals surface area contributed by atoms with E-state index in [-0.39, 0.29) is 6.03 Å². The Morgan fingerprint density at radius 2 is 1.62 bits per heavy atom. The van der Waals surface area contributed by atoms with E-state index in [1.54, 1.807) is 32.4 Å². The molecule has 0 unspecified atom stereocenters. The fraction of sp³-hybridized carbons (Fsp3) is 0.350. The predicted octanol–water partition coefficient (Wildman–Crippen LogP) is 3.83. The second-order valence-corrected chi connectivity index (χ2v) is 6.03. The summed E-state index contributed by atoms with van der Waals surface area (Å²) in [5.41, 5.74) is 4.01. The molecule has 0 aliphatic heterocycles. The predicted molar refractivity (Wildman–Crippen MR) is 103 cm³/mol. The van der Waals surface area contributed by atoms with E-state index in [1.165, 1.54) is 5.56 Å². The Morgan fingerprint density at radius 3 is 2.23 bits per heavy atom. The molecule has 6 nitrogen and oxygen atoms in total. The van der Waals surface area contributed by atoms with E-state index in [1.807, 2.05) is 13.8 Å². The van der Waals surface area contributed by atoms with Gasteiger partial charge in [0, 0.05) is 11.8 Å². The number of nitrogens with one attached hydrogen (secondary N) is 2. The van der Waals surface area contributed by atoms with Gasteiger partial charge in [-0.25, -0.2) is 4.79 Å². The smallest absolute Gasteiger partial charge is 0.319 e. The number of aryl methyl sites for hydroxylation is 3. The molecule has 0 atom stereocenters. The van der Waals surface area contributed by atoms with Crippen LogP contribution in [0.1, 0.15) is 16.7 Å². The fourth-order valence-corrected chi connectivity index (χ4v) is 2.80. The third kappa shape index (κ3) is 5.05. The van der Waals surface area contributed by atoms with Crippen LogP contribution in [0.4, 0.5) is 10.5 Å². The third-order valence-corrected chi connectivity index (χ3v) is 3.88. The van der Waals surface area contributed by atoms with Crippen molar-refractivity contribution in [2.45, 2.75) is 20.8 Å². The molecule has 0 aliphatic carbocycles. The maximum atomic E-state index is 12.0. The van der Waals surface area contributed by atoms with Gasteiger partial charge >= 0.3 is 6.03 Å². The maximum Gasteiger partial charge on any atom is 0.319 e. The summed E-state index contributed by atoms with van der Waals surface area (Å²) in [4.78, 5) is 12.0. The van der Waals surface area contributed by atoms with Gasteiger partial charge in [-0.1, -0.05) is 17.7 Å². The van der Waals surface area contributed by atoms with Crippen LogP contribution in [0.2, 0.25) is 0 Å². The number of anilines is 1. The largest absolute Gasteiger partial charge is 0.493 e. The summed E-state index contributed by atoms with van der Waals surface area (Å²) in [7, 11) is 3.11. The number of benzene rings is 2. The van der Waals surface area contributed by atoms with Crippen LogP contribution in [0, 0.1) is 20.8 Å². The molecule has 0 saturated heterocycles. The van der Waals surface area contributed by atoms with Crippen LogP contribution in [0.3, 0.4) is 0 Å². The Hall–Kier alpha value is -2.89. The molecule has 2 aromatic rings. The Bertz CT molecular complexity index is 751. The van der Waals surface area contributed by atoms with Crippen LogP contribution in [-0.2, 0) is 0 Å². The Labute approximate surface area is 154 Å². The van der Waals surface area contributed by atoms with Crippen molar-refractivity contribution in [3.8, 4) is 17.2 Å². The van der Waals surface area contributed by atoms with Gasteiger partial charge in [0.15, 0.2) is 11.5 Å². The maximum absolute atomic E-state index is 12.0. The van der Waals surface area contributed by atoms with Crippen molar-refractivity contribution in [1.82, 2.24) is 5.32 Å². The summed E-state index contributed by atoms with van der Waals surface area (Å²) in [5, 5.41) is 5.53. The summed E-state index contributed by atoms with van der Waals surface area (Å²) in [6.45, 7) is 6.89. The van der Waals surface area contributed by atoms with Crippen molar-refractivity contribution in [2.24, 2.45) is 0 Å². The molecule has 26 heavy (non-hydrogen) atoms. The average Bonchev–Trinajstić information content (AvgIpc) is 2.60. The highest BCUT2D eigenvalue weighted by atomic mass is 16.5. The average molecular weight is 358 g/mol. The topological polar surface area (TPSA) is 68.8 Å². The van der Waals surface area contributed by atoms with E-state index in [0.29, 0.717) is 30.3 Å². The molecule has 0 bridgehead atoms. The number of carbonyl (C=O) groups excluding carboxylic acids is 1. The first kappa shape index (κ1) is 19.4. The zero-order valence-electron chi connectivity index (χ0n) is 15.9. The minimum atomic E-state index is -0.307. The molecule has 0 heterocycles. The summed E-state index contributed by atoms with van der Waals surface area (Å²) in [6.07, 6.45) is 0. The van der Waals surface area contributed by atoms with Crippen molar-refractivity contribution in [1.29, 1.82) is 0 Å². The highest BCUT2D eigenvalue weighted by Crippen LogP contribution is 2.29. The number of ether oxygens (including phenoxy) is 3. The number of hydrogen-bond acceptors (Lipinski definition) is 4. The molecule has 0 saturated carbocycles. The molecule has 0 aromatic heterocycles. The molecule has 6 heteroatoms. The molecule has 2 N–H and O–H groups in total. The van der Waals surface area contributed by atoms with E-state index in [2.05, 4.69) is 29.7 Å². The molecular formula is C20H26N2O4. The molecular weight excluding hydrogens is 332 g/mol. The van der Waals surface area contributed by atoms with Crippen LogP contribution in [-0.4, -0.2) is 33.4 Å². The van der Waals surface area contributed by atoms with Crippen molar-refractivity contribution in [2.75, 3.05) is 32.7 Å². The van der Waals surface area contributed by atoms with Crippen LogP contribution in [0.25, 0.3) is 0 Å². The number of urea groups is 1. The van der Waals surface area contributed by atoms with Gasteiger partial charge in [-0.3, -0.25) is 0 Å². The fourth-order valence-electron chi connectivity index (χ4n) is 2.80. The van der Waals surface area contributed by atoms with Crippen LogP contribution in [0.5, 0.6) is 17.2 Å². The molecule has 0 aliphatic rings. The van der Waals surface area contributed by atoms with E-state index in [0.717, 1.165) is 16.9 Å². The lowest BCUT2D eigenvalue weighted by Gasteiger charge is -2.14. The highest BCUT2D eigenvalue weighted by molar-refractivity contribution is 5.89. The van der Waals surface area contributed by atoms with E-state index < -0.39 is 0 Å². The van der Waals surface area contributed by atoms with Gasteiger partial charge in [0.25, 0.3) is 0 Å². The lowest BCUT2D eigenvalue weighted by Crippen LogP contribution is -2.32. The van der Waals surface area contributed by atoms with Crippen molar-refractivity contribution in [3.05, 3.63) is 47.0 Å².